The lowest BCUT2D eigenvalue weighted by Gasteiger charge is -2.00. The van der Waals surface area contributed by atoms with Gasteiger partial charge in [-0.3, -0.25) is 14.9 Å². The number of hydrogen-bond acceptors (Lipinski definition) is 4. The van der Waals surface area contributed by atoms with E-state index >= 15 is 0 Å². The summed E-state index contributed by atoms with van der Waals surface area (Å²) >= 11 is 1.90. The number of hydrogen-bond donors (Lipinski definition) is 0. The quantitative estimate of drug-likeness (QED) is 0.306. The Morgan fingerprint density at radius 2 is 2.06 bits per heavy atom. The highest BCUT2D eigenvalue weighted by molar-refractivity contribution is 8.17. The van der Waals surface area contributed by atoms with Crippen molar-refractivity contribution in [1.29, 1.82) is 0 Å². The fourth-order valence-corrected chi connectivity index (χ4v) is 5.88. The molecule has 0 saturated carbocycles. The average Bonchev–Trinajstić information content (AvgIpc) is 2.82. The second kappa shape index (κ2) is 7.16. The van der Waals surface area contributed by atoms with E-state index in [1.54, 1.807) is 12.1 Å². The molecule has 1 saturated heterocycles. The smallest absolute Gasteiger partial charge is 0.269 e. The molecule has 18 heavy (non-hydrogen) atoms. The molecule has 0 aromatic heterocycles. The van der Waals surface area contributed by atoms with Crippen LogP contribution in [0.15, 0.2) is 24.3 Å². The Morgan fingerprint density at radius 3 is 2.56 bits per heavy atom. The number of carbonyl (C=O) groups excluding carboxylic acids is 1. The number of benzene rings is 1. The normalized spacial score (nSPS) is 18.1. The fourth-order valence-electron chi connectivity index (χ4n) is 1.56. The Morgan fingerprint density at radius 1 is 1.39 bits per heavy atom. The number of nitro benzene ring substituents is 1. The molecule has 1 aromatic carbocycles. The molecule has 0 spiro atoms. The molecule has 4 nitrogen and oxygen atoms in total. The number of ketones is 1. The van der Waals surface area contributed by atoms with E-state index in [0.29, 0.717) is 11.3 Å². The summed E-state index contributed by atoms with van der Waals surface area (Å²) in [4.78, 5) is 21.9. The van der Waals surface area contributed by atoms with Crippen molar-refractivity contribution in [1.82, 2.24) is 0 Å². The number of nitro groups is 1. The Bertz CT molecular complexity index is 432. The lowest BCUT2D eigenvalue weighted by atomic mass is 10.1. The van der Waals surface area contributed by atoms with Crippen LogP contribution in [0.2, 0.25) is 0 Å². The molecule has 2 rings (SSSR count). The van der Waals surface area contributed by atoms with Crippen LogP contribution in [-0.4, -0.2) is 33.1 Å². The van der Waals surface area contributed by atoms with Crippen LogP contribution in [0, 0.1) is 10.1 Å². The molecule has 1 unspecified atom stereocenters. The number of carbonyl (C=O) groups is 1. The third-order valence-corrected chi connectivity index (χ3v) is 6.70. The summed E-state index contributed by atoms with van der Waals surface area (Å²) in [5.41, 5.74) is 0.612. The van der Waals surface area contributed by atoms with E-state index in [1.807, 2.05) is 11.8 Å². The minimum Gasteiger partial charge on any atom is -1.00 e. The zero-order valence-corrected chi connectivity index (χ0v) is 12.7. The zero-order chi connectivity index (χ0) is 12.3. The SMILES string of the molecule is O=C(C[S+]1CCSC1)c1ccc([N+](=O)[O-])cc1.[Br-]. The first-order valence-corrected chi connectivity index (χ1v) is 8.05. The first kappa shape index (κ1) is 15.5. The van der Waals surface area contributed by atoms with Gasteiger partial charge in [0.05, 0.1) is 4.92 Å². The van der Waals surface area contributed by atoms with Gasteiger partial charge in [-0.05, 0) is 12.1 Å². The van der Waals surface area contributed by atoms with Gasteiger partial charge in [0.25, 0.3) is 5.69 Å². The number of halogens is 1. The van der Waals surface area contributed by atoms with Gasteiger partial charge in [-0.15, -0.1) is 11.8 Å². The van der Waals surface area contributed by atoms with Crippen LogP contribution in [0.1, 0.15) is 10.4 Å². The lowest BCUT2D eigenvalue weighted by molar-refractivity contribution is -0.384. The third-order valence-electron chi connectivity index (χ3n) is 2.50. The number of thioether (sulfide) groups is 1. The minimum atomic E-state index is -0.455. The van der Waals surface area contributed by atoms with Crippen LogP contribution in [0.4, 0.5) is 5.69 Å². The topological polar surface area (TPSA) is 60.2 Å². The molecule has 98 valence electrons. The van der Waals surface area contributed by atoms with Gasteiger partial charge in [0.1, 0.15) is 5.75 Å². The lowest BCUT2D eigenvalue weighted by Crippen LogP contribution is -3.00. The Balaban J connectivity index is 0.00000162. The molecule has 7 heteroatoms. The molecule has 1 aromatic rings. The van der Waals surface area contributed by atoms with Crippen LogP contribution in [0.3, 0.4) is 0 Å². The summed E-state index contributed by atoms with van der Waals surface area (Å²) in [5, 5.41) is 11.6. The van der Waals surface area contributed by atoms with Crippen LogP contribution in [0.5, 0.6) is 0 Å². The summed E-state index contributed by atoms with van der Waals surface area (Å²) in [5.74, 6) is 2.97. The highest BCUT2D eigenvalue weighted by Crippen LogP contribution is 2.20. The molecule has 0 bridgehead atoms. The zero-order valence-electron chi connectivity index (χ0n) is 9.50. The van der Waals surface area contributed by atoms with E-state index < -0.39 is 4.92 Å². The molecular weight excluding hydrogens is 338 g/mol. The summed E-state index contributed by atoms with van der Waals surface area (Å²) < 4.78 is 0. The van der Waals surface area contributed by atoms with E-state index in [-0.39, 0.29) is 39.3 Å². The van der Waals surface area contributed by atoms with Crippen molar-refractivity contribution in [3.63, 3.8) is 0 Å². The van der Waals surface area contributed by atoms with Gasteiger partial charge < -0.3 is 17.0 Å². The summed E-state index contributed by atoms with van der Waals surface area (Å²) in [6, 6.07) is 5.87. The highest BCUT2D eigenvalue weighted by Gasteiger charge is 2.28. The maximum absolute atomic E-state index is 11.9. The van der Waals surface area contributed by atoms with Crippen molar-refractivity contribution in [2.75, 3.05) is 22.3 Å². The van der Waals surface area contributed by atoms with Gasteiger partial charge in [-0.2, -0.15) is 0 Å². The fraction of sp³-hybridized carbons (Fsp3) is 0.364. The molecule has 1 heterocycles. The molecule has 1 aliphatic heterocycles. The summed E-state index contributed by atoms with van der Waals surface area (Å²) in [7, 11) is 0.208. The summed E-state index contributed by atoms with van der Waals surface area (Å²) in [6.45, 7) is 0. The van der Waals surface area contributed by atoms with Crippen molar-refractivity contribution < 1.29 is 26.7 Å². The first-order chi connectivity index (χ1) is 8.16. The van der Waals surface area contributed by atoms with Crippen LogP contribution in [0.25, 0.3) is 0 Å². The Kier molecular flexibility index (Phi) is 6.17. The molecular formula is C11H12BrNO3S2. The molecule has 0 amide bonds. The molecule has 0 aliphatic carbocycles. The predicted molar refractivity (Wildman–Crippen MR) is 71.9 cm³/mol. The largest absolute Gasteiger partial charge is 1.00 e. The van der Waals surface area contributed by atoms with Crippen molar-refractivity contribution in [3.05, 3.63) is 39.9 Å². The van der Waals surface area contributed by atoms with E-state index in [0.717, 1.165) is 16.6 Å². The van der Waals surface area contributed by atoms with Crippen LogP contribution in [-0.2, 0) is 10.9 Å². The van der Waals surface area contributed by atoms with Crippen LogP contribution < -0.4 is 17.0 Å². The maximum Gasteiger partial charge on any atom is 0.269 e. The second-order valence-electron chi connectivity index (χ2n) is 3.71. The van der Waals surface area contributed by atoms with Crippen molar-refractivity contribution in [2.24, 2.45) is 0 Å². The van der Waals surface area contributed by atoms with Gasteiger partial charge in [-0.25, -0.2) is 0 Å². The summed E-state index contributed by atoms with van der Waals surface area (Å²) in [6.07, 6.45) is 0. The predicted octanol–water partition coefficient (Wildman–Crippen LogP) is -0.896. The standard InChI is InChI=1S/C11H12NO3S2.BrH/c13-11(7-17-6-5-16-8-17)9-1-3-10(4-2-9)12(14)15;/h1-4H,5-8H2;1H/q+1;/p-1. The van der Waals surface area contributed by atoms with E-state index in [4.69, 9.17) is 0 Å². The monoisotopic (exact) mass is 349 g/mol. The molecule has 1 atom stereocenters. The molecule has 1 aliphatic rings. The molecule has 0 N–H and O–H groups in total. The van der Waals surface area contributed by atoms with Gasteiger partial charge in [-0.1, -0.05) is 0 Å². The van der Waals surface area contributed by atoms with E-state index in [1.165, 1.54) is 12.1 Å². The van der Waals surface area contributed by atoms with E-state index in [9.17, 15) is 14.9 Å². The average molecular weight is 350 g/mol. The number of rotatable bonds is 4. The number of non-ortho nitro benzene ring substituents is 1. The number of Topliss-reactive ketones (excluding diaryl/α,β-unsaturated/α-hetero) is 1. The van der Waals surface area contributed by atoms with Crippen LogP contribution >= 0.6 is 11.8 Å². The Labute approximate surface area is 123 Å². The van der Waals surface area contributed by atoms with Crippen molar-refractivity contribution >= 4 is 34.1 Å². The third kappa shape index (κ3) is 4.00. The Hall–Kier alpha value is -0.530. The van der Waals surface area contributed by atoms with Gasteiger partial charge in [0.2, 0.25) is 5.78 Å². The van der Waals surface area contributed by atoms with Gasteiger partial charge >= 0.3 is 0 Å². The maximum atomic E-state index is 11.9. The van der Waals surface area contributed by atoms with Crippen molar-refractivity contribution in [3.8, 4) is 0 Å². The number of nitrogens with zero attached hydrogens (tertiary/aromatic N) is 1. The van der Waals surface area contributed by atoms with Crippen molar-refractivity contribution in [2.45, 2.75) is 0 Å². The van der Waals surface area contributed by atoms with Gasteiger partial charge in [0.15, 0.2) is 10.8 Å². The molecule has 0 radical (unpaired) electrons. The van der Waals surface area contributed by atoms with E-state index in [2.05, 4.69) is 0 Å². The first-order valence-electron chi connectivity index (χ1n) is 5.16. The second-order valence-corrected chi connectivity index (χ2v) is 7.40. The highest BCUT2D eigenvalue weighted by atomic mass is 79.9. The minimum absolute atomic E-state index is 0. The molecule has 1 fully saturated rings. The van der Waals surface area contributed by atoms with Gasteiger partial charge in [0, 0.05) is 34.3 Å².